The van der Waals surface area contributed by atoms with Crippen LogP contribution >= 0.6 is 0 Å². The van der Waals surface area contributed by atoms with E-state index in [0.29, 0.717) is 6.69 Å². The normalized spacial score (nSPS) is 39.2. The molecule has 0 radical (unpaired) electrons. The van der Waals surface area contributed by atoms with Crippen LogP contribution < -0.4 is 0 Å². The average Bonchev–Trinajstić information content (AvgIpc) is 3.15. The van der Waals surface area contributed by atoms with Crippen molar-refractivity contribution in [1.29, 1.82) is 0 Å². The quantitative estimate of drug-likeness (QED) is 0.384. The molecule has 1 fully saturated rings. The predicted molar refractivity (Wildman–Crippen MR) is 113 cm³/mol. The van der Waals surface area contributed by atoms with Gasteiger partial charge in [-0.1, -0.05) is 0 Å². The summed E-state index contributed by atoms with van der Waals surface area (Å²) in [6, 6.07) is 0. The van der Waals surface area contributed by atoms with E-state index in [4.69, 9.17) is 4.12 Å². The van der Waals surface area contributed by atoms with E-state index >= 15 is 0 Å². The van der Waals surface area contributed by atoms with Crippen LogP contribution in [0.15, 0.2) is 46.6 Å². The monoisotopic (exact) mass is 418 g/mol. The van der Waals surface area contributed by atoms with E-state index in [1.165, 1.54) is 51.4 Å². The Morgan fingerprint density at radius 1 is 0.769 bits per heavy atom. The summed E-state index contributed by atoms with van der Waals surface area (Å²) < 4.78 is 8.11. The maximum absolute atomic E-state index is 7.37. The molecule has 5 rings (SSSR count). The summed E-state index contributed by atoms with van der Waals surface area (Å²) in [6.07, 6.45) is 21.4. The first kappa shape index (κ1) is 18.1. The Bertz CT molecular complexity index is 734. The third kappa shape index (κ3) is 2.21. The van der Waals surface area contributed by atoms with Gasteiger partial charge in [-0.3, -0.25) is 0 Å². The zero-order valence-electron chi connectivity index (χ0n) is 18.9. The first-order valence-electron chi connectivity index (χ1n) is 10.6. The van der Waals surface area contributed by atoms with Gasteiger partial charge in [0.15, 0.2) is 0 Å². The number of rotatable bonds is 0. The third-order valence-corrected chi connectivity index (χ3v) is 26.0. The molecule has 140 valence electrons. The summed E-state index contributed by atoms with van der Waals surface area (Å²) in [4.78, 5) is 0. The van der Waals surface area contributed by atoms with Gasteiger partial charge < -0.3 is 2.85 Å². The fraction of sp³-hybridized carbons (Fsp3) is 0.636. The molecule has 1 heterocycles. The minimum absolute atomic E-state index is 0. The Kier molecular flexibility index (Phi) is 4.04. The van der Waals surface area contributed by atoms with E-state index in [0.717, 1.165) is 0 Å². The second-order valence-electron chi connectivity index (χ2n) is 9.95. The fourth-order valence-corrected chi connectivity index (χ4v) is 25.8. The SMILES string of the molecule is C[Si]1(C)O[Si](C)(C)[C]2(C=CC3=C2CCCC3)[Ti+2][C]12C=CC1=C2CCCC1.[H-].[H-]. The first-order chi connectivity index (χ1) is 12.3. The molecule has 26 heavy (non-hydrogen) atoms. The maximum atomic E-state index is 7.37. The van der Waals surface area contributed by atoms with Crippen LogP contribution in [0.4, 0.5) is 0 Å². The van der Waals surface area contributed by atoms with E-state index in [2.05, 4.69) is 50.5 Å². The topological polar surface area (TPSA) is 9.23 Å². The van der Waals surface area contributed by atoms with Crippen LogP contribution in [0.3, 0.4) is 0 Å². The first-order valence-corrected chi connectivity index (χ1v) is 18.0. The molecule has 4 heteroatoms. The molecule has 0 aromatic heterocycles. The molecule has 0 amide bonds. The zero-order valence-corrected chi connectivity index (χ0v) is 20.4. The van der Waals surface area contributed by atoms with Crippen molar-refractivity contribution in [2.45, 2.75) is 84.2 Å². The van der Waals surface area contributed by atoms with Gasteiger partial charge in [0.05, 0.1) is 0 Å². The molecule has 2 spiro atoms. The van der Waals surface area contributed by atoms with Crippen molar-refractivity contribution in [2.75, 3.05) is 0 Å². The Labute approximate surface area is 173 Å². The van der Waals surface area contributed by atoms with Crippen LogP contribution in [0.5, 0.6) is 0 Å². The zero-order chi connectivity index (χ0) is 18.2. The van der Waals surface area contributed by atoms with E-state index in [1.807, 2.05) is 11.1 Å². The minimum Gasteiger partial charge on any atom is -1.00 e. The minimum atomic E-state index is -1.79. The molecule has 1 aliphatic heterocycles. The van der Waals surface area contributed by atoms with Gasteiger partial charge in [0.2, 0.25) is 0 Å². The molecule has 2 unspecified atom stereocenters. The second kappa shape index (κ2) is 5.79. The van der Waals surface area contributed by atoms with E-state index in [-0.39, 0.29) is 22.0 Å². The summed E-state index contributed by atoms with van der Waals surface area (Å²) in [7, 11) is -3.57. The Morgan fingerprint density at radius 2 is 1.19 bits per heavy atom. The summed E-state index contributed by atoms with van der Waals surface area (Å²) in [5.74, 6) is 0. The van der Waals surface area contributed by atoms with Crippen molar-refractivity contribution < 1.29 is 26.1 Å². The molecule has 5 aliphatic rings. The number of hydrogen-bond donors (Lipinski definition) is 0. The Balaban J connectivity index is 0.00000112. The summed E-state index contributed by atoms with van der Waals surface area (Å²) in [5, 5.41) is 0. The van der Waals surface area contributed by atoms with Crippen molar-refractivity contribution in [1.82, 2.24) is 0 Å². The average molecular weight is 419 g/mol. The Hall–Kier alpha value is 0.0681. The van der Waals surface area contributed by atoms with E-state index in [9.17, 15) is 0 Å². The van der Waals surface area contributed by atoms with Crippen molar-refractivity contribution in [3.63, 3.8) is 0 Å². The van der Waals surface area contributed by atoms with Gasteiger partial charge in [-0.05, 0) is 0 Å². The van der Waals surface area contributed by atoms with Crippen molar-refractivity contribution in [2.24, 2.45) is 0 Å². The van der Waals surface area contributed by atoms with Gasteiger partial charge in [-0.2, -0.15) is 0 Å². The number of hydrogen-bond acceptors (Lipinski definition) is 1. The molecule has 2 atom stereocenters. The van der Waals surface area contributed by atoms with Gasteiger partial charge in [0.25, 0.3) is 0 Å². The molecule has 0 bridgehead atoms. The van der Waals surface area contributed by atoms with E-state index in [1.54, 1.807) is 11.1 Å². The van der Waals surface area contributed by atoms with Gasteiger partial charge >= 0.3 is 171 Å². The fourth-order valence-electron chi connectivity index (χ4n) is 6.55. The van der Waals surface area contributed by atoms with Crippen LogP contribution in [0.1, 0.15) is 54.2 Å². The summed E-state index contributed by atoms with van der Waals surface area (Å²) >= 11 is -0.212. The molecule has 1 saturated heterocycles. The number of allylic oxidation sites excluding steroid dienone is 8. The van der Waals surface area contributed by atoms with Crippen LogP contribution in [0.25, 0.3) is 0 Å². The molecule has 0 saturated carbocycles. The van der Waals surface area contributed by atoms with Crippen molar-refractivity contribution >= 4 is 16.6 Å². The predicted octanol–water partition coefficient (Wildman–Crippen LogP) is 7.01. The summed E-state index contributed by atoms with van der Waals surface area (Å²) in [5.41, 5.74) is 7.12. The number of fused-ring (bicyclic) bond motifs is 2. The van der Waals surface area contributed by atoms with Gasteiger partial charge in [0.1, 0.15) is 0 Å². The maximum Gasteiger partial charge on any atom is -1.00 e. The Morgan fingerprint density at radius 3 is 1.65 bits per heavy atom. The molecule has 0 N–H and O–H groups in total. The molecule has 1 nitrogen and oxygen atoms in total. The molecular weight excluding hydrogens is 384 g/mol. The second-order valence-corrected chi connectivity index (χ2v) is 22.8. The van der Waals surface area contributed by atoms with Crippen LogP contribution in [-0.4, -0.2) is 16.6 Å². The summed E-state index contributed by atoms with van der Waals surface area (Å²) in [6.45, 7) is 10.2. The van der Waals surface area contributed by atoms with E-state index < -0.39 is 16.6 Å². The largest absolute Gasteiger partial charge is 1.00 e. The molecular formula is C22H34OSi2Ti. The standard InChI is InChI=1S/C22H32OSi2.Ti.2H/c1-24(2,21-15-13-17-9-5-7-11-19(17)21)23-25(3,4)22-16-14-18-10-6-8-12-20(18)22;;;/h13-16H,5-12H2,1-4H3;;;/q;+2;2*-1. The van der Waals surface area contributed by atoms with Crippen LogP contribution in [0, 0.1) is 0 Å². The van der Waals surface area contributed by atoms with Crippen molar-refractivity contribution in [3.05, 3.63) is 46.6 Å². The molecule has 4 aliphatic carbocycles. The van der Waals surface area contributed by atoms with Gasteiger partial charge in [-0.25, -0.2) is 0 Å². The van der Waals surface area contributed by atoms with Gasteiger partial charge in [-0.15, -0.1) is 0 Å². The third-order valence-electron chi connectivity index (χ3n) is 7.85. The van der Waals surface area contributed by atoms with Crippen molar-refractivity contribution in [3.8, 4) is 0 Å². The molecule has 0 aromatic carbocycles. The smallest absolute Gasteiger partial charge is 1.00 e. The molecule has 0 aromatic rings. The van der Waals surface area contributed by atoms with Crippen LogP contribution in [0.2, 0.25) is 32.9 Å². The van der Waals surface area contributed by atoms with Crippen LogP contribution in [-0.2, 0) is 23.3 Å². The van der Waals surface area contributed by atoms with Gasteiger partial charge in [0, 0.05) is 0 Å².